The van der Waals surface area contributed by atoms with Gasteiger partial charge in [0.2, 0.25) is 0 Å². The molecule has 0 unspecified atom stereocenters. The number of aryl methyl sites for hydroxylation is 2. The average Bonchev–Trinajstić information content (AvgIpc) is 3.07. The summed E-state index contributed by atoms with van der Waals surface area (Å²) < 4.78 is 5.16. The summed E-state index contributed by atoms with van der Waals surface area (Å²) in [4.78, 5) is 23.9. The SMILES string of the molecule is CCc1cccc(CC)c1NC(=O)COC(=O)C1CCCC1. The van der Waals surface area contributed by atoms with Gasteiger partial charge in [0.25, 0.3) is 5.91 Å². The maximum Gasteiger partial charge on any atom is 0.309 e. The zero-order valence-electron chi connectivity index (χ0n) is 13.5. The fourth-order valence-electron chi connectivity index (χ4n) is 2.99. The predicted octanol–water partition coefficient (Wildman–Crippen LogP) is 3.48. The maximum absolute atomic E-state index is 12.1. The topological polar surface area (TPSA) is 55.4 Å². The molecule has 0 aromatic heterocycles. The monoisotopic (exact) mass is 303 g/mol. The van der Waals surface area contributed by atoms with Crippen molar-refractivity contribution in [1.29, 1.82) is 0 Å². The van der Waals surface area contributed by atoms with E-state index in [9.17, 15) is 9.59 Å². The highest BCUT2D eigenvalue weighted by molar-refractivity contribution is 5.94. The van der Waals surface area contributed by atoms with Crippen molar-refractivity contribution in [3.05, 3.63) is 29.3 Å². The van der Waals surface area contributed by atoms with E-state index in [-0.39, 0.29) is 24.4 Å². The molecule has 2 rings (SSSR count). The van der Waals surface area contributed by atoms with Gasteiger partial charge in [-0.25, -0.2) is 0 Å². The molecule has 1 N–H and O–H groups in total. The van der Waals surface area contributed by atoms with Gasteiger partial charge in [-0.1, -0.05) is 44.9 Å². The highest BCUT2D eigenvalue weighted by Gasteiger charge is 2.24. The van der Waals surface area contributed by atoms with Crippen LogP contribution in [-0.4, -0.2) is 18.5 Å². The van der Waals surface area contributed by atoms with Gasteiger partial charge in [-0.15, -0.1) is 0 Å². The van der Waals surface area contributed by atoms with Gasteiger partial charge in [-0.05, 0) is 36.8 Å². The third-order valence-electron chi connectivity index (χ3n) is 4.30. The minimum Gasteiger partial charge on any atom is -0.455 e. The predicted molar refractivity (Wildman–Crippen MR) is 86.7 cm³/mol. The van der Waals surface area contributed by atoms with Gasteiger partial charge in [-0.2, -0.15) is 0 Å². The fourth-order valence-corrected chi connectivity index (χ4v) is 2.99. The molecule has 1 aliphatic carbocycles. The largest absolute Gasteiger partial charge is 0.455 e. The van der Waals surface area contributed by atoms with E-state index in [0.29, 0.717) is 0 Å². The molecule has 22 heavy (non-hydrogen) atoms. The Kier molecular flexibility index (Phi) is 5.99. The molecule has 1 aromatic carbocycles. The Hall–Kier alpha value is -1.84. The van der Waals surface area contributed by atoms with Crippen molar-refractivity contribution < 1.29 is 14.3 Å². The molecule has 120 valence electrons. The number of hydrogen-bond acceptors (Lipinski definition) is 3. The van der Waals surface area contributed by atoms with Crippen LogP contribution in [0.1, 0.15) is 50.7 Å². The van der Waals surface area contributed by atoms with Crippen LogP contribution in [0, 0.1) is 5.92 Å². The molecular weight excluding hydrogens is 278 g/mol. The summed E-state index contributed by atoms with van der Waals surface area (Å²) in [6, 6.07) is 6.03. The molecule has 1 fully saturated rings. The molecule has 0 heterocycles. The third kappa shape index (κ3) is 4.09. The van der Waals surface area contributed by atoms with Gasteiger partial charge >= 0.3 is 5.97 Å². The summed E-state index contributed by atoms with van der Waals surface area (Å²) in [5.74, 6) is -0.504. The Labute approximate surface area is 132 Å². The number of rotatable bonds is 6. The second-order valence-corrected chi connectivity index (χ2v) is 5.80. The van der Waals surface area contributed by atoms with Crippen LogP contribution in [0.3, 0.4) is 0 Å². The molecule has 0 aliphatic heterocycles. The number of para-hydroxylation sites is 1. The van der Waals surface area contributed by atoms with Crippen LogP contribution in [0.2, 0.25) is 0 Å². The summed E-state index contributed by atoms with van der Waals surface area (Å²) in [6.07, 6.45) is 5.64. The van der Waals surface area contributed by atoms with Gasteiger partial charge < -0.3 is 10.1 Å². The van der Waals surface area contributed by atoms with E-state index in [1.165, 1.54) is 0 Å². The van der Waals surface area contributed by atoms with Gasteiger partial charge in [0, 0.05) is 5.69 Å². The lowest BCUT2D eigenvalue weighted by atomic mass is 10.0. The molecule has 4 heteroatoms. The Bertz CT molecular complexity index is 511. The number of anilines is 1. The first-order chi connectivity index (χ1) is 10.7. The van der Waals surface area contributed by atoms with Crippen molar-refractivity contribution in [2.45, 2.75) is 52.4 Å². The number of carbonyl (C=O) groups excluding carboxylic acids is 2. The number of hydrogen-bond donors (Lipinski definition) is 1. The van der Waals surface area contributed by atoms with Crippen molar-refractivity contribution in [2.24, 2.45) is 5.92 Å². The standard InChI is InChI=1S/C18H25NO3/c1-3-13-10-7-11-14(4-2)17(13)19-16(20)12-22-18(21)15-8-5-6-9-15/h7,10-11,15H,3-6,8-9,12H2,1-2H3,(H,19,20). The molecule has 1 amide bonds. The van der Waals surface area contributed by atoms with Crippen molar-refractivity contribution >= 4 is 17.6 Å². The van der Waals surface area contributed by atoms with Gasteiger partial charge in [0.05, 0.1) is 5.92 Å². The van der Waals surface area contributed by atoms with Crippen molar-refractivity contribution in [3.63, 3.8) is 0 Å². The summed E-state index contributed by atoms with van der Waals surface area (Å²) in [5, 5.41) is 2.91. The van der Waals surface area contributed by atoms with E-state index in [1.54, 1.807) is 0 Å². The van der Waals surface area contributed by atoms with Crippen LogP contribution < -0.4 is 5.32 Å². The Balaban J connectivity index is 1.93. The molecule has 0 bridgehead atoms. The Morgan fingerprint density at radius 1 is 1.14 bits per heavy atom. The molecule has 0 spiro atoms. The van der Waals surface area contributed by atoms with Crippen molar-refractivity contribution in [3.8, 4) is 0 Å². The fraction of sp³-hybridized carbons (Fsp3) is 0.556. The van der Waals surface area contributed by atoms with E-state index in [0.717, 1.165) is 55.3 Å². The first kappa shape index (κ1) is 16.5. The Morgan fingerprint density at radius 3 is 2.27 bits per heavy atom. The van der Waals surface area contributed by atoms with E-state index in [2.05, 4.69) is 19.2 Å². The summed E-state index contributed by atoms with van der Waals surface area (Å²) in [7, 11) is 0. The zero-order chi connectivity index (χ0) is 15.9. The van der Waals surface area contributed by atoms with E-state index in [1.807, 2.05) is 18.2 Å². The number of nitrogens with one attached hydrogen (secondary N) is 1. The highest BCUT2D eigenvalue weighted by Crippen LogP contribution is 2.26. The smallest absolute Gasteiger partial charge is 0.309 e. The third-order valence-corrected chi connectivity index (χ3v) is 4.30. The second kappa shape index (κ2) is 7.97. The Morgan fingerprint density at radius 2 is 1.73 bits per heavy atom. The molecule has 1 aromatic rings. The lowest BCUT2D eigenvalue weighted by molar-refractivity contribution is -0.151. The van der Waals surface area contributed by atoms with Crippen molar-refractivity contribution in [1.82, 2.24) is 0 Å². The zero-order valence-corrected chi connectivity index (χ0v) is 13.5. The number of esters is 1. The van der Waals surface area contributed by atoms with Crippen LogP contribution in [0.4, 0.5) is 5.69 Å². The molecule has 0 saturated heterocycles. The van der Waals surface area contributed by atoms with Crippen LogP contribution >= 0.6 is 0 Å². The van der Waals surface area contributed by atoms with Crippen LogP contribution in [0.5, 0.6) is 0 Å². The molecule has 0 atom stereocenters. The van der Waals surface area contributed by atoms with Crippen molar-refractivity contribution in [2.75, 3.05) is 11.9 Å². The molecule has 1 saturated carbocycles. The van der Waals surface area contributed by atoms with Gasteiger partial charge in [0.15, 0.2) is 6.61 Å². The van der Waals surface area contributed by atoms with Gasteiger partial charge in [0.1, 0.15) is 0 Å². The number of carbonyl (C=O) groups is 2. The minimum atomic E-state index is -0.262. The lowest BCUT2D eigenvalue weighted by Crippen LogP contribution is -2.24. The van der Waals surface area contributed by atoms with E-state index < -0.39 is 0 Å². The molecule has 0 radical (unpaired) electrons. The van der Waals surface area contributed by atoms with Gasteiger partial charge in [-0.3, -0.25) is 9.59 Å². The quantitative estimate of drug-likeness (QED) is 0.819. The first-order valence-corrected chi connectivity index (χ1v) is 8.23. The summed E-state index contributed by atoms with van der Waals surface area (Å²) >= 11 is 0. The average molecular weight is 303 g/mol. The second-order valence-electron chi connectivity index (χ2n) is 5.80. The molecular formula is C18H25NO3. The molecule has 1 aliphatic rings. The normalized spacial score (nSPS) is 14.8. The van der Waals surface area contributed by atoms with Crippen LogP contribution in [0.25, 0.3) is 0 Å². The van der Waals surface area contributed by atoms with Crippen LogP contribution in [-0.2, 0) is 27.2 Å². The number of amides is 1. The highest BCUT2D eigenvalue weighted by atomic mass is 16.5. The number of ether oxygens (including phenoxy) is 1. The number of benzene rings is 1. The minimum absolute atomic E-state index is 0.0121. The lowest BCUT2D eigenvalue weighted by Gasteiger charge is -2.15. The first-order valence-electron chi connectivity index (χ1n) is 8.23. The summed E-state index contributed by atoms with van der Waals surface area (Å²) in [5.41, 5.74) is 3.08. The summed E-state index contributed by atoms with van der Waals surface area (Å²) in [6.45, 7) is 3.92. The van der Waals surface area contributed by atoms with Crippen LogP contribution in [0.15, 0.2) is 18.2 Å². The molecule has 4 nitrogen and oxygen atoms in total. The van der Waals surface area contributed by atoms with E-state index >= 15 is 0 Å². The maximum atomic E-state index is 12.1. The van der Waals surface area contributed by atoms with E-state index in [4.69, 9.17) is 4.74 Å².